The second-order valence-electron chi connectivity index (χ2n) is 13.5. The Balaban J connectivity index is 1.74. The largest absolute Gasteiger partial charge is 0.357 e. The average Bonchev–Trinajstić information content (AvgIpc) is 3.58. The van der Waals surface area contributed by atoms with Gasteiger partial charge >= 0.3 is 0 Å². The molecule has 0 aromatic carbocycles. The Bertz CT molecular complexity index is 918. The number of carbonyl (C=O) groups excluding carboxylic acids is 4. The molecule has 5 atom stereocenters. The van der Waals surface area contributed by atoms with Crippen LogP contribution in [0.1, 0.15) is 79.6 Å². The van der Waals surface area contributed by atoms with E-state index in [9.17, 15) is 19.2 Å². The minimum Gasteiger partial charge on any atom is -0.357 e. The van der Waals surface area contributed by atoms with Crippen LogP contribution in [0.15, 0.2) is 0 Å². The highest BCUT2D eigenvalue weighted by Gasteiger charge is 2.43. The maximum absolute atomic E-state index is 14.0. The molecule has 3 aliphatic rings. The van der Waals surface area contributed by atoms with Crippen LogP contribution in [0.3, 0.4) is 0 Å². The third-order valence-electron chi connectivity index (χ3n) is 9.24. The smallest absolute Gasteiger partial charge is 0.245 e. The Labute approximate surface area is 241 Å². The number of nitrogens with one attached hydrogen (secondary N) is 2. The molecule has 3 heterocycles. The monoisotopic (exact) mass is 562 g/mol. The van der Waals surface area contributed by atoms with Crippen LogP contribution in [0.4, 0.5) is 0 Å². The van der Waals surface area contributed by atoms with Crippen molar-refractivity contribution in [3.05, 3.63) is 0 Å². The van der Waals surface area contributed by atoms with Crippen LogP contribution < -0.4 is 10.6 Å². The van der Waals surface area contributed by atoms with Crippen LogP contribution in [-0.4, -0.2) is 121 Å². The van der Waals surface area contributed by atoms with Crippen LogP contribution in [0.2, 0.25) is 0 Å². The van der Waals surface area contributed by atoms with Crippen LogP contribution in [-0.2, 0) is 19.2 Å². The molecule has 1 unspecified atom stereocenters. The van der Waals surface area contributed by atoms with E-state index in [1.54, 1.807) is 16.8 Å². The molecule has 0 bridgehead atoms. The van der Waals surface area contributed by atoms with Gasteiger partial charge in [-0.15, -0.1) is 0 Å². The summed E-state index contributed by atoms with van der Waals surface area (Å²) in [6.45, 7) is 13.0. The molecule has 0 aliphatic carbocycles. The predicted octanol–water partition coefficient (Wildman–Crippen LogP) is 1.69. The van der Waals surface area contributed by atoms with Gasteiger partial charge in [-0.3, -0.25) is 29.0 Å². The molecular formula is C30H54N6O4. The number of rotatable bonds is 9. The molecule has 2 N–H and O–H groups in total. The van der Waals surface area contributed by atoms with Gasteiger partial charge in [0.2, 0.25) is 23.6 Å². The third kappa shape index (κ3) is 7.35. The number of carbonyl (C=O) groups is 4. The Morgan fingerprint density at radius 2 is 1.50 bits per heavy atom. The maximum atomic E-state index is 14.0. The first-order chi connectivity index (χ1) is 18.8. The lowest BCUT2D eigenvalue weighted by atomic mass is 9.84. The van der Waals surface area contributed by atoms with Gasteiger partial charge in [0, 0.05) is 33.2 Å². The van der Waals surface area contributed by atoms with Crippen molar-refractivity contribution in [2.75, 3.05) is 47.3 Å². The Hall–Kier alpha value is -2.20. The molecule has 40 heavy (non-hydrogen) atoms. The maximum Gasteiger partial charge on any atom is 0.245 e. The minimum atomic E-state index is -0.657. The van der Waals surface area contributed by atoms with E-state index in [4.69, 9.17) is 0 Å². The molecule has 3 aliphatic heterocycles. The molecule has 4 amide bonds. The molecule has 0 radical (unpaired) electrons. The van der Waals surface area contributed by atoms with Gasteiger partial charge in [0.05, 0.1) is 12.1 Å². The van der Waals surface area contributed by atoms with E-state index in [1.807, 2.05) is 34.9 Å². The molecule has 3 rings (SSSR count). The number of likely N-dealkylation sites (N-methyl/N-ethyl adjacent to an activating group) is 3. The Morgan fingerprint density at radius 1 is 0.875 bits per heavy atom. The quantitative estimate of drug-likeness (QED) is 0.443. The summed E-state index contributed by atoms with van der Waals surface area (Å²) >= 11 is 0. The molecule has 3 fully saturated rings. The number of piperidine rings is 1. The van der Waals surface area contributed by atoms with Gasteiger partial charge < -0.3 is 20.4 Å². The number of nitrogens with zero attached hydrogens (tertiary/aromatic N) is 4. The highest BCUT2D eigenvalue weighted by Crippen LogP contribution is 2.28. The second-order valence-corrected chi connectivity index (χ2v) is 13.5. The van der Waals surface area contributed by atoms with Gasteiger partial charge in [-0.1, -0.05) is 41.0 Å². The van der Waals surface area contributed by atoms with Crippen molar-refractivity contribution in [3.63, 3.8) is 0 Å². The van der Waals surface area contributed by atoms with Crippen LogP contribution >= 0.6 is 0 Å². The Kier molecular flexibility index (Phi) is 11.0. The molecule has 228 valence electrons. The zero-order valence-corrected chi connectivity index (χ0v) is 26.2. The summed E-state index contributed by atoms with van der Waals surface area (Å²) in [5, 5.41) is 5.83. The number of hydrogen-bond donors (Lipinski definition) is 2. The molecule has 0 spiro atoms. The molecule has 0 saturated carbocycles. The standard InChI is InChI=1S/C30H54N6O4/c1-20(2)24(19-35-17-11-15-23(35)28(39)36-18-12-14-22(36)26(37)31-6)34(8)29(40)25(30(3,4)5)32-27(38)21-13-9-10-16-33(21)7/h20-25H,9-19H2,1-8H3,(H,31,37)(H,32,38)/t21-,22?,23+,24-,25-/m1/s1. The average molecular weight is 563 g/mol. The highest BCUT2D eigenvalue weighted by molar-refractivity contribution is 5.91. The van der Waals surface area contributed by atoms with Gasteiger partial charge in [0.25, 0.3) is 0 Å². The molecule has 0 aromatic rings. The zero-order chi connectivity index (χ0) is 29.8. The van der Waals surface area contributed by atoms with Crippen molar-refractivity contribution in [1.29, 1.82) is 0 Å². The summed E-state index contributed by atoms with van der Waals surface area (Å²) in [4.78, 5) is 61.3. The van der Waals surface area contributed by atoms with Crippen LogP contribution in [0.5, 0.6) is 0 Å². The molecule has 3 saturated heterocycles. The van der Waals surface area contributed by atoms with Crippen LogP contribution in [0.25, 0.3) is 0 Å². The topological polar surface area (TPSA) is 105 Å². The van der Waals surface area contributed by atoms with E-state index in [2.05, 4.69) is 34.3 Å². The van der Waals surface area contributed by atoms with Crippen molar-refractivity contribution in [3.8, 4) is 0 Å². The number of hydrogen-bond acceptors (Lipinski definition) is 6. The lowest BCUT2D eigenvalue weighted by Crippen LogP contribution is -2.61. The first-order valence-electron chi connectivity index (χ1n) is 15.3. The first-order valence-corrected chi connectivity index (χ1v) is 15.3. The number of amides is 4. The van der Waals surface area contributed by atoms with Crippen molar-refractivity contribution < 1.29 is 19.2 Å². The second kappa shape index (κ2) is 13.6. The molecule has 10 heteroatoms. The van der Waals surface area contributed by atoms with Crippen molar-refractivity contribution in [2.45, 2.75) is 110 Å². The van der Waals surface area contributed by atoms with E-state index in [1.165, 1.54) is 0 Å². The minimum absolute atomic E-state index is 0.0246. The van der Waals surface area contributed by atoms with E-state index in [-0.39, 0.29) is 47.7 Å². The fourth-order valence-electron chi connectivity index (χ4n) is 6.67. The Morgan fingerprint density at radius 3 is 2.10 bits per heavy atom. The lowest BCUT2D eigenvalue weighted by molar-refractivity contribution is -0.144. The lowest BCUT2D eigenvalue weighted by Gasteiger charge is -2.41. The SMILES string of the molecule is CNC(=O)C1CCCN1C(=O)[C@@H]1CCCN1C[C@H](C(C)C)N(C)C(=O)[C@@H](NC(=O)[C@H]1CCCCN1C)C(C)(C)C. The van der Waals surface area contributed by atoms with Crippen molar-refractivity contribution in [1.82, 2.24) is 30.2 Å². The summed E-state index contributed by atoms with van der Waals surface area (Å²) in [6.07, 6.45) is 6.11. The van der Waals surface area contributed by atoms with Crippen molar-refractivity contribution in [2.24, 2.45) is 11.3 Å². The van der Waals surface area contributed by atoms with Gasteiger partial charge in [-0.2, -0.15) is 0 Å². The van der Waals surface area contributed by atoms with Crippen molar-refractivity contribution >= 4 is 23.6 Å². The highest BCUT2D eigenvalue weighted by atomic mass is 16.2. The van der Waals surface area contributed by atoms with E-state index in [0.29, 0.717) is 19.5 Å². The van der Waals surface area contributed by atoms with Gasteiger partial charge in [0.1, 0.15) is 12.1 Å². The molecule has 10 nitrogen and oxygen atoms in total. The normalized spacial score (nSPS) is 26.0. The summed E-state index contributed by atoms with van der Waals surface area (Å²) in [6, 6.07) is -1.68. The fraction of sp³-hybridized carbons (Fsp3) is 0.867. The third-order valence-corrected chi connectivity index (χ3v) is 9.24. The first kappa shape index (κ1) is 32.3. The summed E-state index contributed by atoms with van der Waals surface area (Å²) < 4.78 is 0. The molecular weight excluding hydrogens is 508 g/mol. The van der Waals surface area contributed by atoms with Gasteiger partial charge in [0.15, 0.2) is 0 Å². The van der Waals surface area contributed by atoms with E-state index in [0.717, 1.165) is 51.6 Å². The zero-order valence-electron chi connectivity index (χ0n) is 26.2. The predicted molar refractivity (Wildman–Crippen MR) is 156 cm³/mol. The summed E-state index contributed by atoms with van der Waals surface area (Å²) in [7, 11) is 5.43. The van der Waals surface area contributed by atoms with Gasteiger partial charge in [-0.25, -0.2) is 0 Å². The summed E-state index contributed by atoms with van der Waals surface area (Å²) in [5.74, 6) is -0.103. The van der Waals surface area contributed by atoms with Gasteiger partial charge in [-0.05, 0) is 70.0 Å². The fourth-order valence-corrected chi connectivity index (χ4v) is 6.67. The van der Waals surface area contributed by atoms with E-state index >= 15 is 0 Å². The molecule has 0 aromatic heterocycles. The summed E-state index contributed by atoms with van der Waals surface area (Å²) in [5.41, 5.74) is -0.466. The van der Waals surface area contributed by atoms with Crippen LogP contribution in [0, 0.1) is 11.3 Å². The van der Waals surface area contributed by atoms with E-state index < -0.39 is 17.5 Å². The number of likely N-dealkylation sites (tertiary alicyclic amines) is 3.